The van der Waals surface area contributed by atoms with Crippen molar-refractivity contribution in [2.24, 2.45) is 0 Å². The maximum Gasteiger partial charge on any atom is 0.355 e. The van der Waals surface area contributed by atoms with E-state index in [9.17, 15) is 9.59 Å². The van der Waals surface area contributed by atoms with Crippen LogP contribution in [0.2, 0.25) is 0 Å². The van der Waals surface area contributed by atoms with Gasteiger partial charge in [0.25, 0.3) is 0 Å². The fourth-order valence-corrected chi connectivity index (χ4v) is 3.95. The van der Waals surface area contributed by atoms with Gasteiger partial charge in [-0.15, -0.1) is 0 Å². The lowest BCUT2D eigenvalue weighted by Gasteiger charge is -2.14. The van der Waals surface area contributed by atoms with E-state index in [-0.39, 0.29) is 11.3 Å². The summed E-state index contributed by atoms with van der Waals surface area (Å²) in [5.74, 6) is -1.20. The predicted octanol–water partition coefficient (Wildman–Crippen LogP) is 5.31. The minimum absolute atomic E-state index is 0.148. The zero-order valence-corrected chi connectivity index (χ0v) is 17.9. The fraction of sp³-hybridized carbons (Fsp3) is 0.111. The van der Waals surface area contributed by atoms with Gasteiger partial charge in [-0.25, -0.2) is 9.59 Å². The number of methoxy groups -OCH3 is 2. The molecule has 4 aromatic rings. The number of rotatable bonds is 6. The van der Waals surface area contributed by atoms with Gasteiger partial charge in [-0.05, 0) is 23.3 Å². The van der Waals surface area contributed by atoms with Crippen molar-refractivity contribution in [3.05, 3.63) is 114 Å². The lowest BCUT2D eigenvalue weighted by atomic mass is 9.97. The summed E-state index contributed by atoms with van der Waals surface area (Å²) in [5, 5.41) is 0. The van der Waals surface area contributed by atoms with Crippen LogP contribution < -0.4 is 0 Å². The Morgan fingerprint density at radius 3 is 1.81 bits per heavy atom. The summed E-state index contributed by atoms with van der Waals surface area (Å²) in [6.45, 7) is 0. The molecule has 0 aliphatic carbocycles. The molecule has 0 N–H and O–H groups in total. The molecular weight excluding hydrogens is 402 g/mol. The van der Waals surface area contributed by atoms with Gasteiger partial charge in [0.2, 0.25) is 0 Å². The zero-order chi connectivity index (χ0) is 22.5. The third kappa shape index (κ3) is 3.93. The number of esters is 2. The molecule has 4 rings (SSSR count). The Hall–Kier alpha value is -4.12. The van der Waals surface area contributed by atoms with Crippen LogP contribution in [0.5, 0.6) is 0 Å². The summed E-state index contributed by atoms with van der Waals surface area (Å²) < 4.78 is 12.1. The van der Waals surface area contributed by atoms with E-state index in [1.54, 1.807) is 0 Å². The Morgan fingerprint density at radius 1 is 0.719 bits per heavy atom. The zero-order valence-electron chi connectivity index (χ0n) is 17.9. The number of para-hydroxylation sites is 1. The number of carbonyl (C=O) groups excluding carboxylic acids is 2. The molecule has 0 spiro atoms. The van der Waals surface area contributed by atoms with Crippen molar-refractivity contribution in [1.82, 2.24) is 4.57 Å². The minimum Gasteiger partial charge on any atom is -0.465 e. The number of hydrogen-bond acceptors (Lipinski definition) is 4. The monoisotopic (exact) mass is 425 g/mol. The first-order valence-electron chi connectivity index (χ1n) is 10.2. The molecule has 1 heterocycles. The molecule has 0 amide bonds. The third-order valence-electron chi connectivity index (χ3n) is 5.33. The maximum absolute atomic E-state index is 13.1. The summed E-state index contributed by atoms with van der Waals surface area (Å²) in [6.07, 6.45) is 0.501. The van der Waals surface area contributed by atoms with Crippen molar-refractivity contribution in [2.75, 3.05) is 14.2 Å². The van der Waals surface area contributed by atoms with Crippen LogP contribution in [0.4, 0.5) is 0 Å². The van der Waals surface area contributed by atoms with Crippen molar-refractivity contribution < 1.29 is 19.1 Å². The van der Waals surface area contributed by atoms with E-state index < -0.39 is 11.9 Å². The second-order valence-electron chi connectivity index (χ2n) is 7.23. The van der Waals surface area contributed by atoms with E-state index in [0.29, 0.717) is 12.0 Å². The topological polar surface area (TPSA) is 57.5 Å². The van der Waals surface area contributed by atoms with Gasteiger partial charge in [0, 0.05) is 23.4 Å². The number of nitrogens with zero attached hydrogens (tertiary/aromatic N) is 1. The van der Waals surface area contributed by atoms with E-state index in [1.165, 1.54) is 14.2 Å². The lowest BCUT2D eigenvalue weighted by molar-refractivity contribution is 0.0550. The average molecular weight is 425 g/mol. The van der Waals surface area contributed by atoms with Gasteiger partial charge in [-0.3, -0.25) is 0 Å². The second-order valence-corrected chi connectivity index (χ2v) is 7.23. The summed E-state index contributed by atoms with van der Waals surface area (Å²) in [7, 11) is 2.62. The van der Waals surface area contributed by atoms with Crippen LogP contribution in [0, 0.1) is 0 Å². The highest BCUT2D eigenvalue weighted by molar-refractivity contribution is 6.09. The van der Waals surface area contributed by atoms with Crippen LogP contribution in [0.3, 0.4) is 0 Å². The van der Waals surface area contributed by atoms with E-state index >= 15 is 0 Å². The van der Waals surface area contributed by atoms with Gasteiger partial charge in [0.05, 0.1) is 14.2 Å². The highest BCUT2D eigenvalue weighted by Gasteiger charge is 2.33. The molecule has 0 radical (unpaired) electrons. The Kier molecular flexibility index (Phi) is 6.17. The first-order valence-corrected chi connectivity index (χ1v) is 10.2. The smallest absolute Gasteiger partial charge is 0.355 e. The highest BCUT2D eigenvalue weighted by atomic mass is 16.5. The fourth-order valence-electron chi connectivity index (χ4n) is 3.95. The summed E-state index contributed by atoms with van der Waals surface area (Å²) in [5.41, 5.74) is 4.42. The molecule has 0 atom stereocenters. The van der Waals surface area contributed by atoms with Crippen LogP contribution in [0.1, 0.15) is 32.1 Å². The van der Waals surface area contributed by atoms with Gasteiger partial charge in [0.15, 0.2) is 0 Å². The van der Waals surface area contributed by atoms with E-state index in [1.807, 2.05) is 95.6 Å². The predicted molar refractivity (Wildman–Crippen MR) is 123 cm³/mol. The molecule has 3 aromatic carbocycles. The summed E-state index contributed by atoms with van der Waals surface area (Å²) in [4.78, 5) is 26.1. The van der Waals surface area contributed by atoms with Crippen LogP contribution in [0.25, 0.3) is 16.8 Å². The quantitative estimate of drug-likeness (QED) is 0.393. The van der Waals surface area contributed by atoms with Gasteiger partial charge < -0.3 is 14.0 Å². The Labute approximate surface area is 186 Å². The third-order valence-corrected chi connectivity index (χ3v) is 5.33. The molecule has 0 unspecified atom stereocenters. The van der Waals surface area contributed by atoms with Gasteiger partial charge in [0.1, 0.15) is 11.3 Å². The van der Waals surface area contributed by atoms with Crippen LogP contribution in [-0.2, 0) is 15.9 Å². The first-order chi connectivity index (χ1) is 15.7. The minimum atomic E-state index is -0.606. The van der Waals surface area contributed by atoms with Gasteiger partial charge in [-0.1, -0.05) is 78.9 Å². The van der Waals surface area contributed by atoms with Crippen LogP contribution in [-0.4, -0.2) is 30.7 Å². The standard InChI is InChI=1S/C27H23NO4/c1-31-26(29)24-23(20-14-8-4-9-15-20)22(18-19-12-6-3-7-13-19)28(25(24)27(30)32-2)21-16-10-5-11-17-21/h3-17H,18H2,1-2H3. The molecule has 0 aliphatic heterocycles. The van der Waals surface area contributed by atoms with Gasteiger partial charge in [-0.2, -0.15) is 0 Å². The Balaban J connectivity index is 2.14. The highest BCUT2D eigenvalue weighted by Crippen LogP contribution is 2.37. The first kappa shape index (κ1) is 21.1. The molecule has 0 bridgehead atoms. The number of hydrogen-bond donors (Lipinski definition) is 0. The molecule has 160 valence electrons. The van der Waals surface area contributed by atoms with E-state index in [4.69, 9.17) is 9.47 Å². The van der Waals surface area contributed by atoms with E-state index in [0.717, 1.165) is 22.5 Å². The normalized spacial score (nSPS) is 10.6. The molecule has 0 saturated heterocycles. The lowest BCUT2D eigenvalue weighted by Crippen LogP contribution is -2.15. The molecule has 1 aromatic heterocycles. The van der Waals surface area contributed by atoms with Crippen LogP contribution >= 0.6 is 0 Å². The molecule has 0 aliphatic rings. The van der Waals surface area contributed by atoms with Crippen molar-refractivity contribution in [1.29, 1.82) is 0 Å². The molecule has 0 saturated carbocycles. The largest absolute Gasteiger partial charge is 0.465 e. The SMILES string of the molecule is COC(=O)c1c(-c2ccccc2)c(Cc2ccccc2)n(-c2ccccc2)c1C(=O)OC. The number of benzene rings is 3. The Morgan fingerprint density at radius 2 is 1.25 bits per heavy atom. The molecule has 5 heteroatoms. The molecule has 0 fully saturated rings. The van der Waals surface area contributed by atoms with E-state index in [2.05, 4.69) is 0 Å². The van der Waals surface area contributed by atoms with Gasteiger partial charge >= 0.3 is 11.9 Å². The number of ether oxygens (including phenoxy) is 2. The number of carbonyl (C=O) groups is 2. The van der Waals surface area contributed by atoms with Crippen molar-refractivity contribution in [2.45, 2.75) is 6.42 Å². The Bertz CT molecular complexity index is 1150. The maximum atomic E-state index is 13.1. The summed E-state index contributed by atoms with van der Waals surface area (Å²) >= 11 is 0. The average Bonchev–Trinajstić information content (AvgIpc) is 3.19. The van der Waals surface area contributed by atoms with Crippen molar-refractivity contribution in [3.8, 4) is 16.8 Å². The molecule has 5 nitrogen and oxygen atoms in total. The van der Waals surface area contributed by atoms with Crippen molar-refractivity contribution >= 4 is 11.9 Å². The number of aromatic nitrogens is 1. The van der Waals surface area contributed by atoms with Crippen molar-refractivity contribution in [3.63, 3.8) is 0 Å². The summed E-state index contributed by atoms with van der Waals surface area (Å²) in [6, 6.07) is 29.0. The second kappa shape index (κ2) is 9.35. The molecule has 32 heavy (non-hydrogen) atoms. The van der Waals surface area contributed by atoms with Crippen LogP contribution in [0.15, 0.2) is 91.0 Å². The molecular formula is C27H23NO4.